The van der Waals surface area contributed by atoms with Crippen LogP contribution >= 0.6 is 0 Å². The van der Waals surface area contributed by atoms with Gasteiger partial charge < -0.3 is 0 Å². The first-order chi connectivity index (χ1) is 10.5. The van der Waals surface area contributed by atoms with E-state index in [9.17, 15) is 4.79 Å². The minimum atomic E-state index is 0.338. The summed E-state index contributed by atoms with van der Waals surface area (Å²) in [4.78, 5) is 12.2. The molecule has 4 aliphatic carbocycles. The molecule has 4 saturated carbocycles. The summed E-state index contributed by atoms with van der Waals surface area (Å²) in [5.74, 6) is 4.60. The summed E-state index contributed by atoms with van der Waals surface area (Å²) >= 11 is 0. The molecule has 4 aliphatic rings. The summed E-state index contributed by atoms with van der Waals surface area (Å²) in [5.41, 5.74) is 0.974. The summed E-state index contributed by atoms with van der Waals surface area (Å²) in [5, 5.41) is 0. The highest BCUT2D eigenvalue weighted by atomic mass is 16.1. The Hall–Kier alpha value is -0.330. The standard InChI is InChI=1S/C21H34O/c1-14(22)17-9-10-18-16-8-7-15-6-4-5-12-20(15,2)19(16)11-13-21(17,18)3/h15-19H,4-13H2,1-3H3. The molecule has 0 saturated heterocycles. The monoisotopic (exact) mass is 302 g/mol. The number of carbonyl (C=O) groups is 1. The molecule has 0 aromatic heterocycles. The quantitative estimate of drug-likeness (QED) is 0.614. The highest BCUT2D eigenvalue weighted by Gasteiger charge is 2.60. The number of hydrogen-bond acceptors (Lipinski definition) is 1. The normalized spacial score (nSPS) is 54.2. The molecule has 0 amide bonds. The van der Waals surface area contributed by atoms with Gasteiger partial charge in [-0.1, -0.05) is 26.7 Å². The Labute approximate surface area is 136 Å². The summed E-state index contributed by atoms with van der Waals surface area (Å²) in [6.45, 7) is 6.97. The van der Waals surface area contributed by atoms with Gasteiger partial charge in [0.2, 0.25) is 0 Å². The van der Waals surface area contributed by atoms with Crippen molar-refractivity contribution in [1.29, 1.82) is 0 Å². The Balaban J connectivity index is 1.63. The second-order valence-corrected chi connectivity index (χ2v) is 9.69. The van der Waals surface area contributed by atoms with E-state index >= 15 is 0 Å². The number of carbonyl (C=O) groups excluding carboxylic acids is 1. The van der Waals surface area contributed by atoms with Crippen LogP contribution < -0.4 is 0 Å². The zero-order valence-corrected chi connectivity index (χ0v) is 14.9. The maximum absolute atomic E-state index is 12.2. The van der Waals surface area contributed by atoms with E-state index in [1.807, 2.05) is 6.92 Å². The molecule has 0 aliphatic heterocycles. The first-order valence-corrected chi connectivity index (χ1v) is 9.97. The van der Waals surface area contributed by atoms with E-state index in [1.165, 1.54) is 64.2 Å². The molecule has 0 bridgehead atoms. The zero-order valence-electron chi connectivity index (χ0n) is 14.9. The molecule has 0 radical (unpaired) electrons. The molecule has 0 aromatic rings. The van der Waals surface area contributed by atoms with Crippen molar-refractivity contribution < 1.29 is 4.79 Å². The van der Waals surface area contributed by atoms with Gasteiger partial charge in [0, 0.05) is 5.92 Å². The summed E-state index contributed by atoms with van der Waals surface area (Å²) < 4.78 is 0. The molecule has 1 nitrogen and oxygen atoms in total. The van der Waals surface area contributed by atoms with Crippen LogP contribution in [0.5, 0.6) is 0 Å². The molecule has 0 N–H and O–H groups in total. The predicted octanol–water partition coefficient (Wildman–Crippen LogP) is 5.62. The van der Waals surface area contributed by atoms with Gasteiger partial charge in [-0.3, -0.25) is 4.79 Å². The van der Waals surface area contributed by atoms with Crippen LogP contribution in [0.2, 0.25) is 0 Å². The molecule has 124 valence electrons. The van der Waals surface area contributed by atoms with Crippen LogP contribution in [-0.2, 0) is 4.79 Å². The Kier molecular flexibility index (Phi) is 3.51. The molecule has 22 heavy (non-hydrogen) atoms. The molecule has 1 heteroatoms. The van der Waals surface area contributed by atoms with Crippen LogP contribution in [0.4, 0.5) is 0 Å². The van der Waals surface area contributed by atoms with Gasteiger partial charge in [0.1, 0.15) is 5.78 Å². The highest BCUT2D eigenvalue weighted by molar-refractivity contribution is 5.79. The lowest BCUT2D eigenvalue weighted by atomic mass is 9.45. The lowest BCUT2D eigenvalue weighted by Gasteiger charge is -2.60. The summed E-state index contributed by atoms with van der Waals surface area (Å²) in [7, 11) is 0. The smallest absolute Gasteiger partial charge is 0.133 e. The molecule has 0 heterocycles. The molecule has 0 spiro atoms. The number of ketones is 1. The van der Waals surface area contributed by atoms with E-state index in [4.69, 9.17) is 0 Å². The van der Waals surface area contributed by atoms with Crippen molar-refractivity contribution >= 4 is 5.78 Å². The van der Waals surface area contributed by atoms with Crippen molar-refractivity contribution in [1.82, 2.24) is 0 Å². The summed E-state index contributed by atoms with van der Waals surface area (Å²) in [6.07, 6.45) is 14.1. The van der Waals surface area contributed by atoms with Gasteiger partial charge in [0.25, 0.3) is 0 Å². The van der Waals surface area contributed by atoms with Crippen LogP contribution in [0.3, 0.4) is 0 Å². The Morgan fingerprint density at radius 1 is 0.818 bits per heavy atom. The lowest BCUT2D eigenvalue weighted by molar-refractivity contribution is -0.133. The van der Waals surface area contributed by atoms with E-state index in [0.717, 1.165) is 23.7 Å². The summed E-state index contributed by atoms with van der Waals surface area (Å²) in [6, 6.07) is 0. The predicted molar refractivity (Wildman–Crippen MR) is 90.5 cm³/mol. The first kappa shape index (κ1) is 15.2. The average molecular weight is 303 g/mol. The number of rotatable bonds is 1. The van der Waals surface area contributed by atoms with Gasteiger partial charge in [-0.05, 0) is 92.8 Å². The van der Waals surface area contributed by atoms with Crippen LogP contribution in [-0.4, -0.2) is 5.78 Å². The second kappa shape index (κ2) is 5.08. The van der Waals surface area contributed by atoms with Gasteiger partial charge in [-0.25, -0.2) is 0 Å². The highest BCUT2D eigenvalue weighted by Crippen LogP contribution is 2.67. The molecular weight excluding hydrogens is 268 g/mol. The van der Waals surface area contributed by atoms with E-state index in [-0.39, 0.29) is 0 Å². The first-order valence-electron chi connectivity index (χ1n) is 9.97. The van der Waals surface area contributed by atoms with Crippen molar-refractivity contribution in [2.75, 3.05) is 0 Å². The molecule has 0 aromatic carbocycles. The van der Waals surface area contributed by atoms with Crippen LogP contribution in [0.25, 0.3) is 0 Å². The van der Waals surface area contributed by atoms with Crippen LogP contribution in [0, 0.1) is 40.4 Å². The maximum Gasteiger partial charge on any atom is 0.133 e. The fraction of sp³-hybridized carbons (Fsp3) is 0.952. The molecule has 4 rings (SSSR count). The van der Waals surface area contributed by atoms with Gasteiger partial charge in [-0.2, -0.15) is 0 Å². The second-order valence-electron chi connectivity index (χ2n) is 9.69. The fourth-order valence-corrected chi connectivity index (χ4v) is 7.96. The third kappa shape index (κ3) is 1.93. The van der Waals surface area contributed by atoms with Crippen molar-refractivity contribution in [3.8, 4) is 0 Å². The van der Waals surface area contributed by atoms with Crippen molar-refractivity contribution in [3.63, 3.8) is 0 Å². The minimum Gasteiger partial charge on any atom is -0.300 e. The third-order valence-corrected chi connectivity index (χ3v) is 9.07. The number of Topliss-reactive ketones (excluding diaryl/α,β-unsaturated/α-hetero) is 1. The Bertz CT molecular complexity index is 469. The Morgan fingerprint density at radius 3 is 2.36 bits per heavy atom. The average Bonchev–Trinajstić information content (AvgIpc) is 2.84. The lowest BCUT2D eigenvalue weighted by Crippen LogP contribution is -2.53. The van der Waals surface area contributed by atoms with Crippen molar-refractivity contribution in [3.05, 3.63) is 0 Å². The van der Waals surface area contributed by atoms with E-state index in [1.54, 1.807) is 0 Å². The molecule has 7 unspecified atom stereocenters. The van der Waals surface area contributed by atoms with E-state index < -0.39 is 0 Å². The molecule has 4 fully saturated rings. The Morgan fingerprint density at radius 2 is 1.59 bits per heavy atom. The number of hydrogen-bond donors (Lipinski definition) is 0. The van der Waals surface area contributed by atoms with Gasteiger partial charge in [-0.15, -0.1) is 0 Å². The van der Waals surface area contributed by atoms with Crippen molar-refractivity contribution in [2.24, 2.45) is 40.4 Å². The zero-order chi connectivity index (χ0) is 15.5. The largest absolute Gasteiger partial charge is 0.300 e. The SMILES string of the molecule is CC(=O)C1CCC2C3CCC4CCCCC4(C)C3CCC12C. The van der Waals surface area contributed by atoms with Gasteiger partial charge in [0.05, 0.1) is 0 Å². The number of fused-ring (bicyclic) bond motifs is 5. The fourth-order valence-electron chi connectivity index (χ4n) is 7.96. The third-order valence-electron chi connectivity index (χ3n) is 9.07. The van der Waals surface area contributed by atoms with Crippen LogP contribution in [0.1, 0.15) is 85.0 Å². The van der Waals surface area contributed by atoms with Gasteiger partial charge >= 0.3 is 0 Å². The topological polar surface area (TPSA) is 17.1 Å². The van der Waals surface area contributed by atoms with E-state index in [2.05, 4.69) is 13.8 Å². The minimum absolute atomic E-state index is 0.338. The van der Waals surface area contributed by atoms with E-state index in [0.29, 0.717) is 22.5 Å². The van der Waals surface area contributed by atoms with Crippen LogP contribution in [0.15, 0.2) is 0 Å². The molecular formula is C21H34O. The maximum atomic E-state index is 12.2. The van der Waals surface area contributed by atoms with Gasteiger partial charge in [0.15, 0.2) is 0 Å². The van der Waals surface area contributed by atoms with Crippen molar-refractivity contribution in [2.45, 2.75) is 85.0 Å². The molecule has 7 atom stereocenters.